The highest BCUT2D eigenvalue weighted by Crippen LogP contribution is 2.32. The number of carbonyl (C=O) groups is 1. The second-order valence-electron chi connectivity index (χ2n) is 5.02. The Bertz CT molecular complexity index is 582. The summed E-state index contributed by atoms with van der Waals surface area (Å²) in [4.78, 5) is 12.4. The highest BCUT2D eigenvalue weighted by atomic mass is 32.2. The average molecular weight is 344 g/mol. The molecule has 0 aliphatic heterocycles. The summed E-state index contributed by atoms with van der Waals surface area (Å²) in [5, 5.41) is 5.32. The van der Waals surface area contributed by atoms with Gasteiger partial charge in [-0.1, -0.05) is 13.0 Å². The largest absolute Gasteiger partial charge is 0.398 e. The first-order valence-corrected chi connectivity index (χ1v) is 8.05. The summed E-state index contributed by atoms with van der Waals surface area (Å²) in [6.07, 6.45) is 2.02. The summed E-state index contributed by atoms with van der Waals surface area (Å²) in [5.41, 5.74) is 1.19. The molecule has 1 aromatic carbocycles. The molecule has 0 saturated carbocycles. The molecular formula is C16H19F3N2OS. The van der Waals surface area contributed by atoms with Crippen molar-refractivity contribution in [2.75, 3.05) is 11.1 Å². The zero-order valence-electron chi connectivity index (χ0n) is 13.0. The minimum Gasteiger partial charge on any atom is -0.334 e. The van der Waals surface area contributed by atoms with E-state index >= 15 is 0 Å². The highest BCUT2D eigenvalue weighted by Gasteiger charge is 2.27. The summed E-state index contributed by atoms with van der Waals surface area (Å²) in [6.45, 7) is 3.69. The molecule has 1 atom stereocenters. The second kappa shape index (κ2) is 8.73. The molecule has 0 bridgehead atoms. The maximum Gasteiger partial charge on any atom is 0.398 e. The number of urea groups is 1. The van der Waals surface area contributed by atoms with Crippen molar-refractivity contribution in [2.24, 2.45) is 0 Å². The molecule has 0 aliphatic rings. The smallest absolute Gasteiger partial charge is 0.334 e. The lowest BCUT2D eigenvalue weighted by atomic mass is 10.1. The van der Waals surface area contributed by atoms with Gasteiger partial charge in [0.25, 0.3) is 0 Å². The lowest BCUT2D eigenvalue weighted by Gasteiger charge is -2.17. The van der Waals surface area contributed by atoms with Crippen LogP contribution in [0.25, 0.3) is 0 Å². The first-order valence-electron chi connectivity index (χ1n) is 7.06. The van der Waals surface area contributed by atoms with E-state index in [0.29, 0.717) is 35.2 Å². The number of nitrogens with one attached hydrogen (secondary N) is 2. The van der Waals surface area contributed by atoms with Crippen LogP contribution < -0.4 is 10.6 Å². The second-order valence-corrected chi connectivity index (χ2v) is 6.03. The lowest BCUT2D eigenvalue weighted by molar-refractivity contribution is -0.105. The third-order valence-corrected chi connectivity index (χ3v) is 4.11. The van der Waals surface area contributed by atoms with E-state index in [9.17, 15) is 18.0 Å². The molecule has 3 nitrogen and oxygen atoms in total. The van der Waals surface area contributed by atoms with E-state index < -0.39 is 18.0 Å². The Kier molecular flexibility index (Phi) is 7.30. The van der Waals surface area contributed by atoms with Crippen LogP contribution in [-0.4, -0.2) is 24.0 Å². The quantitative estimate of drug-likeness (QED) is 0.586. The van der Waals surface area contributed by atoms with Gasteiger partial charge in [0.1, 0.15) is 0 Å². The van der Waals surface area contributed by atoms with Gasteiger partial charge in [0, 0.05) is 17.4 Å². The first-order chi connectivity index (χ1) is 10.7. The molecule has 1 rings (SSSR count). The maximum absolute atomic E-state index is 12.4. The number of terminal acetylenes is 1. The van der Waals surface area contributed by atoms with E-state index in [2.05, 4.69) is 16.6 Å². The molecule has 0 unspecified atom stereocenters. The highest BCUT2D eigenvalue weighted by molar-refractivity contribution is 7.99. The molecule has 23 heavy (non-hydrogen) atoms. The number of benzene rings is 1. The van der Waals surface area contributed by atoms with Gasteiger partial charge in [0.15, 0.2) is 0 Å². The molecule has 0 radical (unpaired) electrons. The van der Waals surface area contributed by atoms with Gasteiger partial charge in [0.05, 0.1) is 11.4 Å². The Morgan fingerprint density at radius 1 is 1.43 bits per heavy atom. The van der Waals surface area contributed by atoms with Crippen LogP contribution in [0.5, 0.6) is 0 Å². The number of rotatable bonds is 6. The first kappa shape index (κ1) is 19.2. The fraction of sp³-hybridized carbons (Fsp3) is 0.438. The van der Waals surface area contributed by atoms with Crippen LogP contribution in [0.15, 0.2) is 23.1 Å². The van der Waals surface area contributed by atoms with E-state index in [1.54, 1.807) is 25.1 Å². The Balaban J connectivity index is 2.79. The SMILES string of the molecule is C#CC[C@H](CC)NC(=O)Nc1cc(C)ccc1SCC(F)(F)F. The third-order valence-electron chi connectivity index (χ3n) is 2.97. The molecule has 126 valence electrons. The van der Waals surface area contributed by atoms with Crippen molar-refractivity contribution < 1.29 is 18.0 Å². The topological polar surface area (TPSA) is 41.1 Å². The molecule has 0 aliphatic carbocycles. The van der Waals surface area contributed by atoms with Crippen LogP contribution in [0.3, 0.4) is 0 Å². The number of amides is 2. The summed E-state index contributed by atoms with van der Waals surface area (Å²) < 4.78 is 37.1. The fourth-order valence-corrected chi connectivity index (χ4v) is 2.56. The average Bonchev–Trinajstić information content (AvgIpc) is 2.45. The Morgan fingerprint density at radius 3 is 2.70 bits per heavy atom. The fourth-order valence-electron chi connectivity index (χ4n) is 1.81. The molecular weight excluding hydrogens is 325 g/mol. The molecule has 0 saturated heterocycles. The number of alkyl halides is 3. The van der Waals surface area contributed by atoms with Gasteiger partial charge in [-0.2, -0.15) is 13.2 Å². The van der Waals surface area contributed by atoms with Gasteiger partial charge in [-0.05, 0) is 31.0 Å². The molecule has 2 N–H and O–H groups in total. The maximum atomic E-state index is 12.4. The van der Waals surface area contributed by atoms with E-state index in [-0.39, 0.29) is 6.04 Å². The molecule has 7 heteroatoms. The summed E-state index contributed by atoms with van der Waals surface area (Å²) in [7, 11) is 0. The zero-order chi connectivity index (χ0) is 17.5. The van der Waals surface area contributed by atoms with Gasteiger partial charge in [0.2, 0.25) is 0 Å². The van der Waals surface area contributed by atoms with E-state index in [1.165, 1.54) is 0 Å². The minimum atomic E-state index is -4.27. The predicted molar refractivity (Wildman–Crippen MR) is 87.6 cm³/mol. The van der Waals surface area contributed by atoms with Crippen LogP contribution in [-0.2, 0) is 0 Å². The Labute approximate surface area is 138 Å². The number of carbonyl (C=O) groups excluding carboxylic acids is 1. The van der Waals surface area contributed by atoms with Crippen LogP contribution >= 0.6 is 11.8 Å². The summed E-state index contributed by atoms with van der Waals surface area (Å²) in [6, 6.07) is 4.26. The summed E-state index contributed by atoms with van der Waals surface area (Å²) >= 11 is 0.640. The van der Waals surface area contributed by atoms with E-state index in [0.717, 1.165) is 5.56 Å². The number of anilines is 1. The van der Waals surface area contributed by atoms with Gasteiger partial charge >= 0.3 is 12.2 Å². The van der Waals surface area contributed by atoms with E-state index in [1.807, 2.05) is 6.92 Å². The lowest BCUT2D eigenvalue weighted by Crippen LogP contribution is -2.37. The summed E-state index contributed by atoms with van der Waals surface area (Å²) in [5.74, 6) is 1.46. The number of hydrogen-bond donors (Lipinski definition) is 2. The van der Waals surface area contributed by atoms with Crippen molar-refractivity contribution in [3.63, 3.8) is 0 Å². The van der Waals surface area contributed by atoms with Gasteiger partial charge in [-0.15, -0.1) is 24.1 Å². The van der Waals surface area contributed by atoms with Crippen LogP contribution in [0.2, 0.25) is 0 Å². The molecule has 0 spiro atoms. The van der Waals surface area contributed by atoms with E-state index in [4.69, 9.17) is 6.42 Å². The normalized spacial score (nSPS) is 12.3. The Hall–Kier alpha value is -1.81. The molecule has 0 fully saturated rings. The zero-order valence-corrected chi connectivity index (χ0v) is 13.8. The van der Waals surface area contributed by atoms with Crippen molar-refractivity contribution >= 4 is 23.5 Å². The number of thioether (sulfide) groups is 1. The van der Waals surface area contributed by atoms with Crippen LogP contribution in [0.4, 0.5) is 23.7 Å². The van der Waals surface area contributed by atoms with Crippen LogP contribution in [0.1, 0.15) is 25.3 Å². The molecule has 2 amide bonds. The molecule has 0 aromatic heterocycles. The minimum absolute atomic E-state index is 0.170. The van der Waals surface area contributed by atoms with Gasteiger partial charge < -0.3 is 10.6 Å². The number of aryl methyl sites for hydroxylation is 1. The van der Waals surface area contributed by atoms with Crippen molar-refractivity contribution in [2.45, 2.75) is 43.8 Å². The van der Waals surface area contributed by atoms with Crippen molar-refractivity contribution in [3.05, 3.63) is 23.8 Å². The van der Waals surface area contributed by atoms with Crippen LogP contribution in [0, 0.1) is 19.3 Å². The molecule has 0 heterocycles. The van der Waals surface area contributed by atoms with Crippen molar-refractivity contribution in [3.8, 4) is 12.3 Å². The third kappa shape index (κ3) is 7.33. The van der Waals surface area contributed by atoms with Crippen molar-refractivity contribution in [1.82, 2.24) is 5.32 Å². The van der Waals surface area contributed by atoms with Gasteiger partial charge in [-0.3, -0.25) is 0 Å². The monoisotopic (exact) mass is 344 g/mol. The van der Waals surface area contributed by atoms with Gasteiger partial charge in [-0.25, -0.2) is 4.79 Å². The number of halogens is 3. The standard InChI is InChI=1S/C16H19F3N2OS/c1-4-6-12(5-2)20-15(22)21-13-9-11(3)7-8-14(13)23-10-16(17,18)19/h1,7-9,12H,5-6,10H2,2-3H3,(H2,20,21,22)/t12-/m0/s1. The van der Waals surface area contributed by atoms with Crippen molar-refractivity contribution in [1.29, 1.82) is 0 Å². The number of hydrogen-bond acceptors (Lipinski definition) is 2. The Morgan fingerprint density at radius 2 is 2.13 bits per heavy atom. The molecule has 1 aromatic rings. The predicted octanol–water partition coefficient (Wildman–Crippen LogP) is 4.57.